The summed E-state index contributed by atoms with van der Waals surface area (Å²) < 4.78 is 4.64. The van der Waals surface area contributed by atoms with Crippen molar-refractivity contribution < 1.29 is 0 Å². The fourth-order valence-electron chi connectivity index (χ4n) is 10.6. The Morgan fingerprint density at radius 3 is 1.72 bits per heavy atom. The van der Waals surface area contributed by atoms with Gasteiger partial charge in [-0.2, -0.15) is 0 Å². The molecule has 11 aromatic carbocycles. The summed E-state index contributed by atoms with van der Waals surface area (Å²) in [6.07, 6.45) is 0. The van der Waals surface area contributed by atoms with Gasteiger partial charge in [-0.1, -0.05) is 158 Å². The number of rotatable bonds is 6. The molecule has 0 spiro atoms. The van der Waals surface area contributed by atoms with Gasteiger partial charge in [0.15, 0.2) is 0 Å². The first-order chi connectivity index (χ1) is 31.6. The van der Waals surface area contributed by atoms with Crippen molar-refractivity contribution in [3.63, 3.8) is 0 Å². The first kappa shape index (κ1) is 36.4. The van der Waals surface area contributed by atoms with E-state index in [1.807, 2.05) is 0 Å². The summed E-state index contributed by atoms with van der Waals surface area (Å²) in [4.78, 5) is 5.13. The minimum Gasteiger partial charge on any atom is -0.309 e. The van der Waals surface area contributed by atoms with Crippen LogP contribution in [0.4, 0.5) is 0 Å². The molecule has 0 aliphatic carbocycles. The number of aromatic nitrogens is 3. The normalized spacial score (nSPS) is 11.9. The summed E-state index contributed by atoms with van der Waals surface area (Å²) in [6.45, 7) is 4.54. The van der Waals surface area contributed by atoms with Gasteiger partial charge in [0.25, 0.3) is 0 Å². The second kappa shape index (κ2) is 14.1. The summed E-state index contributed by atoms with van der Waals surface area (Å²) in [5, 5.41) is 10.3. The molecule has 13 rings (SSSR count). The molecule has 0 radical (unpaired) electrons. The van der Waals surface area contributed by atoms with E-state index in [2.05, 4.69) is 235 Å². The van der Waals surface area contributed by atoms with Crippen LogP contribution in [0.1, 0.15) is 11.1 Å². The lowest BCUT2D eigenvalue weighted by Crippen LogP contribution is -1.97. The van der Waals surface area contributed by atoms with E-state index < -0.39 is 0 Å². The van der Waals surface area contributed by atoms with E-state index in [4.69, 9.17) is 4.98 Å². The molecule has 0 saturated carbocycles. The third kappa shape index (κ3) is 5.51. The predicted molar refractivity (Wildman–Crippen MR) is 270 cm³/mol. The van der Waals surface area contributed by atoms with Gasteiger partial charge in [-0.25, -0.2) is 4.98 Å². The molecule has 0 bridgehead atoms. The van der Waals surface area contributed by atoms with Crippen LogP contribution in [0.25, 0.3) is 121 Å². The molecule has 3 nitrogen and oxygen atoms in total. The lowest BCUT2D eigenvalue weighted by atomic mass is 9.84. The molecule has 0 amide bonds. The van der Waals surface area contributed by atoms with Gasteiger partial charge < -0.3 is 4.57 Å². The Hall–Kier alpha value is -8.27. The monoisotopic (exact) mass is 815 g/mol. The molecule has 0 aliphatic heterocycles. The summed E-state index contributed by atoms with van der Waals surface area (Å²) in [5.74, 6) is 0.939. The van der Waals surface area contributed by atoms with Gasteiger partial charge in [-0.05, 0) is 145 Å². The van der Waals surface area contributed by atoms with Crippen LogP contribution in [0.3, 0.4) is 0 Å². The summed E-state index contributed by atoms with van der Waals surface area (Å²) in [6, 6.07) is 77.6. The van der Waals surface area contributed by atoms with Crippen molar-refractivity contribution in [2.75, 3.05) is 0 Å². The Labute approximate surface area is 371 Å². The second-order valence-electron chi connectivity index (χ2n) is 17.2. The number of nitrogens with zero attached hydrogens (tertiary/aromatic N) is 3. The van der Waals surface area contributed by atoms with Crippen molar-refractivity contribution in [2.45, 2.75) is 13.8 Å². The van der Waals surface area contributed by atoms with Crippen LogP contribution in [0.15, 0.2) is 212 Å². The number of fused-ring (bicyclic) bond motifs is 4. The zero-order chi connectivity index (χ0) is 42.5. The molecule has 0 fully saturated rings. The van der Waals surface area contributed by atoms with Gasteiger partial charge >= 0.3 is 0 Å². The molecule has 300 valence electrons. The van der Waals surface area contributed by atoms with Crippen LogP contribution in [0, 0.1) is 13.8 Å². The molecule has 0 atom stereocenters. The van der Waals surface area contributed by atoms with Crippen molar-refractivity contribution in [1.82, 2.24) is 14.1 Å². The van der Waals surface area contributed by atoms with Gasteiger partial charge in [-0.15, -0.1) is 0 Å². The predicted octanol–water partition coefficient (Wildman–Crippen LogP) is 16.3. The van der Waals surface area contributed by atoms with Gasteiger partial charge in [0.1, 0.15) is 5.82 Å². The molecule has 0 N–H and O–H groups in total. The van der Waals surface area contributed by atoms with Gasteiger partial charge in [0.2, 0.25) is 0 Å². The van der Waals surface area contributed by atoms with E-state index in [9.17, 15) is 0 Å². The Balaban J connectivity index is 0.902. The maximum Gasteiger partial charge on any atom is 0.145 e. The second-order valence-corrected chi connectivity index (χ2v) is 17.2. The van der Waals surface area contributed by atoms with Crippen LogP contribution in [0.5, 0.6) is 0 Å². The number of imidazole rings is 1. The minimum absolute atomic E-state index is 0.939. The van der Waals surface area contributed by atoms with Crippen LogP contribution in [-0.4, -0.2) is 14.1 Å². The quantitative estimate of drug-likeness (QED) is 0.153. The number of hydrogen-bond acceptors (Lipinski definition) is 1. The number of aryl methyl sites for hydroxylation is 2. The average Bonchev–Trinajstić information content (AvgIpc) is 3.90. The van der Waals surface area contributed by atoms with Crippen molar-refractivity contribution in [1.29, 1.82) is 0 Å². The zero-order valence-electron chi connectivity index (χ0n) is 35.5. The lowest BCUT2D eigenvalue weighted by molar-refractivity contribution is 1.10. The Bertz CT molecular complexity index is 3950. The molecule has 13 aromatic rings. The highest BCUT2D eigenvalue weighted by molar-refractivity contribution is 6.28. The van der Waals surface area contributed by atoms with E-state index in [-0.39, 0.29) is 0 Å². The van der Waals surface area contributed by atoms with Gasteiger partial charge in [-0.3, -0.25) is 4.57 Å². The van der Waals surface area contributed by atoms with Crippen molar-refractivity contribution in [2.24, 2.45) is 0 Å². The van der Waals surface area contributed by atoms with Crippen molar-refractivity contribution in [3.8, 4) is 56.1 Å². The lowest BCUT2D eigenvalue weighted by Gasteiger charge is -2.19. The van der Waals surface area contributed by atoms with Crippen molar-refractivity contribution in [3.05, 3.63) is 223 Å². The number of para-hydroxylation sites is 5. The minimum atomic E-state index is 0.939. The third-order valence-electron chi connectivity index (χ3n) is 13.5. The van der Waals surface area contributed by atoms with Gasteiger partial charge in [0.05, 0.1) is 22.1 Å². The Morgan fingerprint density at radius 2 is 0.922 bits per heavy atom. The fourth-order valence-corrected chi connectivity index (χ4v) is 10.6. The van der Waals surface area contributed by atoms with E-state index in [0.717, 1.165) is 28.1 Å². The van der Waals surface area contributed by atoms with E-state index >= 15 is 0 Å². The molecular formula is C61H41N3. The highest BCUT2D eigenvalue weighted by Crippen LogP contribution is 2.45. The van der Waals surface area contributed by atoms with Crippen molar-refractivity contribution >= 4 is 65.2 Å². The van der Waals surface area contributed by atoms with Crippen LogP contribution >= 0.6 is 0 Å². The summed E-state index contributed by atoms with van der Waals surface area (Å²) in [5.41, 5.74) is 17.9. The topological polar surface area (TPSA) is 22.8 Å². The fraction of sp³-hybridized carbons (Fsp3) is 0.0328. The molecule has 0 saturated heterocycles. The number of benzene rings is 11. The highest BCUT2D eigenvalue weighted by atomic mass is 15.1. The molecule has 2 heterocycles. The first-order valence-corrected chi connectivity index (χ1v) is 22.1. The third-order valence-corrected chi connectivity index (χ3v) is 13.5. The standard InChI is InChI=1S/C61H41N3/c1-38-35-43(44-29-34-56-53(37-44)50-17-9-11-19-55(50)63(56)46-13-5-3-6-14-46)27-30-48(38)58-39(2)36-45-28-32-51-49(31-25-41-26-33-52(58)60(45)59(41)51)40-21-23-42(24-22-40)61-62-54-18-10-12-20-57(54)64(61)47-15-7-4-8-16-47/h3-37H,1-2H3. The smallest absolute Gasteiger partial charge is 0.145 e. The zero-order valence-corrected chi connectivity index (χ0v) is 35.5. The molecule has 0 unspecified atom stereocenters. The average molecular weight is 816 g/mol. The molecule has 64 heavy (non-hydrogen) atoms. The Morgan fingerprint density at radius 1 is 0.344 bits per heavy atom. The van der Waals surface area contributed by atoms with E-state index in [1.165, 1.54) is 104 Å². The summed E-state index contributed by atoms with van der Waals surface area (Å²) >= 11 is 0. The summed E-state index contributed by atoms with van der Waals surface area (Å²) in [7, 11) is 0. The largest absolute Gasteiger partial charge is 0.309 e. The van der Waals surface area contributed by atoms with Crippen LogP contribution in [0.2, 0.25) is 0 Å². The van der Waals surface area contributed by atoms with Crippen LogP contribution in [-0.2, 0) is 0 Å². The SMILES string of the molecule is Cc1cc(-c2ccc3c(c2)c2ccccc2n3-c2ccccc2)ccc1-c1c(C)cc2ccc3c(-c4ccc(-c5nc6ccccc6n5-c5ccccc5)cc4)ccc4ccc1c2c43. The highest BCUT2D eigenvalue weighted by Gasteiger charge is 2.20. The molecule has 2 aromatic heterocycles. The number of hydrogen-bond donors (Lipinski definition) is 0. The van der Waals surface area contributed by atoms with E-state index in [1.54, 1.807) is 0 Å². The maximum absolute atomic E-state index is 5.13. The van der Waals surface area contributed by atoms with Gasteiger partial charge in [0, 0.05) is 27.7 Å². The molecule has 3 heteroatoms. The van der Waals surface area contributed by atoms with E-state index in [0.29, 0.717) is 0 Å². The molecular weight excluding hydrogens is 775 g/mol. The maximum atomic E-state index is 5.13. The Kier molecular flexibility index (Phi) is 8.04. The molecule has 0 aliphatic rings. The first-order valence-electron chi connectivity index (χ1n) is 22.1. The van der Waals surface area contributed by atoms with Crippen LogP contribution < -0.4 is 0 Å².